The minimum absolute atomic E-state index is 0.257. The van der Waals surface area contributed by atoms with Gasteiger partial charge in [0.2, 0.25) is 11.8 Å². The first-order valence-electron chi connectivity index (χ1n) is 11.5. The molecule has 0 radical (unpaired) electrons. The quantitative estimate of drug-likeness (QED) is 0.637. The highest BCUT2D eigenvalue weighted by molar-refractivity contribution is 5.83. The van der Waals surface area contributed by atoms with E-state index in [0.29, 0.717) is 54.4 Å². The molecule has 4 rings (SSSR count). The highest BCUT2D eigenvalue weighted by Gasteiger charge is 2.27. The van der Waals surface area contributed by atoms with Gasteiger partial charge in [0, 0.05) is 25.8 Å². The number of nitrogens with one attached hydrogen (secondary N) is 2. The van der Waals surface area contributed by atoms with Crippen molar-refractivity contribution >= 4 is 23.3 Å². The number of amides is 1. The summed E-state index contributed by atoms with van der Waals surface area (Å²) in [5.74, 6) is 1.88. The number of carbonyl (C=O) groups is 1. The van der Waals surface area contributed by atoms with Crippen LogP contribution < -0.4 is 15.4 Å². The monoisotopic (exact) mass is 462 g/mol. The first-order chi connectivity index (χ1) is 16.2. The third-order valence-electron chi connectivity index (χ3n) is 5.71. The number of allylic oxidation sites excluding steroid dienone is 1. The molecule has 2 aliphatic rings. The first kappa shape index (κ1) is 23.4. The van der Waals surface area contributed by atoms with Gasteiger partial charge in [0.25, 0.3) is 0 Å². The van der Waals surface area contributed by atoms with Gasteiger partial charge in [0.05, 0.1) is 11.4 Å². The Bertz CT molecular complexity index is 1110. The normalized spacial score (nSPS) is 17.2. The molecule has 0 saturated carbocycles. The van der Waals surface area contributed by atoms with Gasteiger partial charge in [-0.3, -0.25) is 0 Å². The fraction of sp³-hybridized carbons (Fsp3) is 0.440. The van der Waals surface area contributed by atoms with Gasteiger partial charge < -0.3 is 25.0 Å². The zero-order chi connectivity index (χ0) is 24.3. The molecule has 2 N–H and O–H groups in total. The second-order valence-corrected chi connectivity index (χ2v) is 9.56. The van der Waals surface area contributed by atoms with Gasteiger partial charge in [-0.1, -0.05) is 12.1 Å². The smallest absolute Gasteiger partial charge is 0.410 e. The van der Waals surface area contributed by atoms with Gasteiger partial charge in [-0.15, -0.1) is 0 Å². The summed E-state index contributed by atoms with van der Waals surface area (Å²) in [6.07, 6.45) is 3.19. The van der Waals surface area contributed by atoms with Crippen LogP contribution in [-0.4, -0.2) is 46.2 Å². The fourth-order valence-electron chi connectivity index (χ4n) is 3.90. The van der Waals surface area contributed by atoms with E-state index in [2.05, 4.69) is 26.7 Å². The van der Waals surface area contributed by atoms with Gasteiger partial charge in [-0.2, -0.15) is 5.26 Å². The predicted octanol–water partition coefficient (Wildman–Crippen LogP) is 4.54. The van der Waals surface area contributed by atoms with Crippen molar-refractivity contribution in [2.75, 3.05) is 30.3 Å². The molecule has 0 aliphatic carbocycles. The van der Waals surface area contributed by atoms with E-state index in [1.807, 2.05) is 52.0 Å². The summed E-state index contributed by atoms with van der Waals surface area (Å²) < 4.78 is 11.3. The molecule has 2 aromatic rings. The van der Waals surface area contributed by atoms with Crippen LogP contribution in [0.4, 0.5) is 16.4 Å². The number of hydrogen-bond acceptors (Lipinski definition) is 8. The fourth-order valence-corrected chi connectivity index (χ4v) is 3.90. The van der Waals surface area contributed by atoms with Crippen molar-refractivity contribution in [1.82, 2.24) is 14.9 Å². The molecule has 9 heteroatoms. The van der Waals surface area contributed by atoms with Gasteiger partial charge in [0.1, 0.15) is 17.2 Å². The molecule has 0 unspecified atom stereocenters. The maximum absolute atomic E-state index is 12.3. The molecule has 1 amide bonds. The third-order valence-corrected chi connectivity index (χ3v) is 5.71. The summed E-state index contributed by atoms with van der Waals surface area (Å²) >= 11 is 0. The van der Waals surface area contributed by atoms with E-state index < -0.39 is 5.60 Å². The number of nitrogens with zero attached hydrogens (tertiary/aromatic N) is 4. The van der Waals surface area contributed by atoms with Crippen molar-refractivity contribution in [3.05, 3.63) is 47.6 Å². The van der Waals surface area contributed by atoms with Crippen LogP contribution in [0.1, 0.15) is 44.9 Å². The Kier molecular flexibility index (Phi) is 6.59. The Labute approximate surface area is 199 Å². The Morgan fingerprint density at radius 3 is 2.74 bits per heavy atom. The van der Waals surface area contributed by atoms with Crippen molar-refractivity contribution in [2.45, 2.75) is 46.1 Å². The molecule has 0 bridgehead atoms. The number of fused-ring (bicyclic) bond motifs is 1. The van der Waals surface area contributed by atoms with Crippen LogP contribution in [0.2, 0.25) is 0 Å². The number of para-hydroxylation sites is 2. The van der Waals surface area contributed by atoms with E-state index in [1.165, 1.54) is 0 Å². The van der Waals surface area contributed by atoms with E-state index in [-0.39, 0.29) is 6.09 Å². The third kappa shape index (κ3) is 5.39. The lowest BCUT2D eigenvalue weighted by Gasteiger charge is -2.33. The molecular formula is C25H30N6O3. The summed E-state index contributed by atoms with van der Waals surface area (Å²) in [7, 11) is 0. The minimum Gasteiger partial charge on any atom is -0.444 e. The molecule has 1 fully saturated rings. The SMILES string of the molecule is Cc1cnc(NCC2CCN(C(=O)OC(C)(C)C)CC2)nc1/C(C#N)=C1/Nc2ccccc2O1. The van der Waals surface area contributed by atoms with E-state index in [1.54, 1.807) is 11.1 Å². The minimum atomic E-state index is -0.491. The Morgan fingerprint density at radius 2 is 2.06 bits per heavy atom. The largest absolute Gasteiger partial charge is 0.444 e. The zero-order valence-corrected chi connectivity index (χ0v) is 20.0. The lowest BCUT2D eigenvalue weighted by atomic mass is 9.97. The molecule has 1 saturated heterocycles. The van der Waals surface area contributed by atoms with E-state index in [9.17, 15) is 10.1 Å². The highest BCUT2D eigenvalue weighted by Crippen LogP contribution is 2.36. The average Bonchev–Trinajstić information content (AvgIpc) is 3.23. The number of aromatic nitrogens is 2. The van der Waals surface area contributed by atoms with Crippen molar-refractivity contribution in [1.29, 1.82) is 5.26 Å². The topological polar surface area (TPSA) is 112 Å². The number of rotatable bonds is 4. The Balaban J connectivity index is 1.39. The standard InChI is InChI=1S/C25H30N6O3/c1-16-14-27-23(28-15-17-9-11-31(12-10-17)24(32)34-25(2,3)4)30-21(16)18(13-26)22-29-19-7-5-6-8-20(19)33-22/h5-8,14,17,29H,9-12,15H2,1-4H3,(H,27,28,30)/b22-18-. The number of nitriles is 1. The van der Waals surface area contributed by atoms with Gasteiger partial charge in [-0.05, 0) is 64.2 Å². The molecule has 1 aromatic carbocycles. The van der Waals surface area contributed by atoms with Crippen molar-refractivity contribution in [3.63, 3.8) is 0 Å². The van der Waals surface area contributed by atoms with Crippen LogP contribution >= 0.6 is 0 Å². The number of aryl methyl sites for hydroxylation is 1. The van der Waals surface area contributed by atoms with Crippen LogP contribution in [0.15, 0.2) is 36.3 Å². The lowest BCUT2D eigenvalue weighted by molar-refractivity contribution is 0.0188. The summed E-state index contributed by atoms with van der Waals surface area (Å²) in [5, 5.41) is 16.3. The molecular weight excluding hydrogens is 432 g/mol. The van der Waals surface area contributed by atoms with Crippen LogP contribution in [0.5, 0.6) is 5.75 Å². The van der Waals surface area contributed by atoms with E-state index in [0.717, 1.165) is 24.1 Å². The second-order valence-electron chi connectivity index (χ2n) is 9.56. The number of piperidine rings is 1. The van der Waals surface area contributed by atoms with Crippen LogP contribution in [0.3, 0.4) is 0 Å². The van der Waals surface area contributed by atoms with Crippen LogP contribution in [0.25, 0.3) is 5.57 Å². The van der Waals surface area contributed by atoms with Crippen LogP contribution in [-0.2, 0) is 4.74 Å². The van der Waals surface area contributed by atoms with E-state index >= 15 is 0 Å². The average molecular weight is 463 g/mol. The number of anilines is 2. The Hall–Kier alpha value is -3.80. The van der Waals surface area contributed by atoms with Gasteiger partial charge >= 0.3 is 6.09 Å². The van der Waals surface area contributed by atoms with Crippen molar-refractivity contribution in [2.24, 2.45) is 5.92 Å². The number of benzene rings is 1. The number of ether oxygens (including phenoxy) is 2. The van der Waals surface area contributed by atoms with Gasteiger partial charge in [0.15, 0.2) is 5.75 Å². The van der Waals surface area contributed by atoms with Gasteiger partial charge in [-0.25, -0.2) is 14.8 Å². The molecule has 2 aliphatic heterocycles. The number of hydrogen-bond donors (Lipinski definition) is 2. The number of likely N-dealkylation sites (tertiary alicyclic amines) is 1. The predicted molar refractivity (Wildman–Crippen MR) is 129 cm³/mol. The molecule has 34 heavy (non-hydrogen) atoms. The lowest BCUT2D eigenvalue weighted by Crippen LogP contribution is -2.42. The highest BCUT2D eigenvalue weighted by atomic mass is 16.6. The molecule has 0 spiro atoms. The summed E-state index contributed by atoms with van der Waals surface area (Å²) in [6.45, 7) is 9.50. The molecule has 1 aromatic heterocycles. The molecule has 9 nitrogen and oxygen atoms in total. The summed E-state index contributed by atoms with van der Waals surface area (Å²) in [6, 6.07) is 9.75. The van der Waals surface area contributed by atoms with Crippen LogP contribution in [0, 0.1) is 24.2 Å². The maximum atomic E-state index is 12.3. The summed E-state index contributed by atoms with van der Waals surface area (Å²) in [5.41, 5.74) is 1.95. The number of carbonyl (C=O) groups excluding carboxylic acids is 1. The summed E-state index contributed by atoms with van der Waals surface area (Å²) in [4.78, 5) is 23.0. The zero-order valence-electron chi connectivity index (χ0n) is 20.0. The second kappa shape index (κ2) is 9.59. The Morgan fingerprint density at radius 1 is 1.32 bits per heavy atom. The van der Waals surface area contributed by atoms with E-state index in [4.69, 9.17) is 9.47 Å². The maximum Gasteiger partial charge on any atom is 0.410 e. The first-order valence-corrected chi connectivity index (χ1v) is 11.5. The molecule has 178 valence electrons. The molecule has 0 atom stereocenters. The van der Waals surface area contributed by atoms with Crippen molar-refractivity contribution in [3.8, 4) is 11.8 Å². The van der Waals surface area contributed by atoms with Crippen molar-refractivity contribution < 1.29 is 14.3 Å². The molecule has 3 heterocycles.